The lowest BCUT2D eigenvalue weighted by Gasteiger charge is -2.25. The molecule has 106 valence electrons. The lowest BCUT2D eigenvalue weighted by molar-refractivity contribution is 0.122. The fraction of sp³-hybridized carbons (Fsp3) is 0.357. The highest BCUT2D eigenvalue weighted by molar-refractivity contribution is 7.16. The van der Waals surface area contributed by atoms with Crippen LogP contribution in [0.15, 0.2) is 24.3 Å². The second-order valence-corrected chi connectivity index (χ2v) is 5.77. The monoisotopic (exact) mass is 293 g/mol. The molecule has 0 amide bonds. The summed E-state index contributed by atoms with van der Waals surface area (Å²) in [6.45, 7) is 3.16. The van der Waals surface area contributed by atoms with E-state index in [1.807, 2.05) is 0 Å². The second-order valence-electron chi connectivity index (χ2n) is 4.71. The molecule has 20 heavy (non-hydrogen) atoms. The molecule has 0 bridgehead atoms. The minimum atomic E-state index is -0.222. The Hall–Kier alpha value is -1.66. The number of morpholine rings is 1. The number of ether oxygens (including phenoxy) is 1. The van der Waals surface area contributed by atoms with Gasteiger partial charge < -0.3 is 15.4 Å². The van der Waals surface area contributed by atoms with Crippen LogP contribution in [-0.4, -0.2) is 31.3 Å². The third-order valence-electron chi connectivity index (χ3n) is 3.28. The molecule has 1 aromatic carbocycles. The summed E-state index contributed by atoms with van der Waals surface area (Å²) < 4.78 is 18.2. The molecule has 3 rings (SSSR count). The molecule has 6 heteroatoms. The zero-order chi connectivity index (χ0) is 13.9. The van der Waals surface area contributed by atoms with Crippen molar-refractivity contribution in [1.82, 2.24) is 4.98 Å². The number of benzene rings is 1. The number of nitrogens with zero attached hydrogens (tertiary/aromatic N) is 2. The maximum atomic E-state index is 12.9. The molecule has 1 aliphatic heterocycles. The van der Waals surface area contributed by atoms with Gasteiger partial charge in [-0.05, 0) is 17.7 Å². The molecular formula is C14H16FN3OS. The molecule has 2 aromatic rings. The fourth-order valence-electron chi connectivity index (χ4n) is 2.15. The number of aromatic nitrogens is 1. The highest BCUT2D eigenvalue weighted by Gasteiger charge is 2.17. The molecule has 0 spiro atoms. The van der Waals surface area contributed by atoms with Crippen LogP contribution < -0.4 is 10.6 Å². The van der Waals surface area contributed by atoms with Crippen molar-refractivity contribution >= 4 is 22.3 Å². The van der Waals surface area contributed by atoms with Crippen LogP contribution in [-0.2, 0) is 11.2 Å². The van der Waals surface area contributed by atoms with Crippen molar-refractivity contribution in [2.45, 2.75) is 6.42 Å². The van der Waals surface area contributed by atoms with Gasteiger partial charge in [-0.2, -0.15) is 0 Å². The van der Waals surface area contributed by atoms with E-state index in [0.29, 0.717) is 12.2 Å². The molecule has 0 atom stereocenters. The van der Waals surface area contributed by atoms with Crippen molar-refractivity contribution in [3.8, 4) is 0 Å². The van der Waals surface area contributed by atoms with Gasteiger partial charge in [0.05, 0.1) is 18.1 Å². The Balaban J connectivity index is 1.76. The van der Waals surface area contributed by atoms with Gasteiger partial charge in [0.2, 0.25) is 0 Å². The summed E-state index contributed by atoms with van der Waals surface area (Å²) in [5.41, 5.74) is 7.03. The SMILES string of the molecule is Nc1nc(N2CCOCC2)sc1Cc1ccc(F)cc1. The summed E-state index contributed by atoms with van der Waals surface area (Å²) in [4.78, 5) is 7.66. The maximum Gasteiger partial charge on any atom is 0.187 e. The Morgan fingerprint density at radius 2 is 1.95 bits per heavy atom. The number of nitrogens with two attached hydrogens (primary N) is 1. The summed E-state index contributed by atoms with van der Waals surface area (Å²) in [6, 6.07) is 6.50. The first-order valence-electron chi connectivity index (χ1n) is 6.55. The van der Waals surface area contributed by atoms with Crippen LogP contribution in [0, 0.1) is 5.82 Å². The summed E-state index contributed by atoms with van der Waals surface area (Å²) in [5, 5.41) is 0.947. The van der Waals surface area contributed by atoms with Crippen LogP contribution in [0.3, 0.4) is 0 Å². The Morgan fingerprint density at radius 3 is 2.65 bits per heavy atom. The molecule has 2 heterocycles. The van der Waals surface area contributed by atoms with Crippen molar-refractivity contribution in [3.63, 3.8) is 0 Å². The predicted molar refractivity (Wildman–Crippen MR) is 78.8 cm³/mol. The number of nitrogen functional groups attached to an aromatic ring is 1. The number of thiazole rings is 1. The quantitative estimate of drug-likeness (QED) is 0.943. The van der Waals surface area contributed by atoms with Crippen molar-refractivity contribution in [2.24, 2.45) is 0 Å². The number of hydrogen-bond donors (Lipinski definition) is 1. The molecule has 1 saturated heterocycles. The Labute approximate surface area is 121 Å². The van der Waals surface area contributed by atoms with E-state index in [2.05, 4.69) is 9.88 Å². The Kier molecular flexibility index (Phi) is 3.84. The molecule has 1 aromatic heterocycles. The normalized spacial score (nSPS) is 15.6. The third kappa shape index (κ3) is 2.91. The van der Waals surface area contributed by atoms with Crippen molar-refractivity contribution < 1.29 is 9.13 Å². The van der Waals surface area contributed by atoms with E-state index in [-0.39, 0.29) is 5.82 Å². The largest absolute Gasteiger partial charge is 0.383 e. The summed E-state index contributed by atoms with van der Waals surface area (Å²) in [5.74, 6) is 0.348. The molecule has 0 saturated carbocycles. The van der Waals surface area contributed by atoms with E-state index < -0.39 is 0 Å². The minimum Gasteiger partial charge on any atom is -0.383 e. The molecule has 0 aliphatic carbocycles. The zero-order valence-electron chi connectivity index (χ0n) is 11.0. The maximum absolute atomic E-state index is 12.9. The summed E-state index contributed by atoms with van der Waals surface area (Å²) >= 11 is 1.61. The van der Waals surface area contributed by atoms with Crippen LogP contribution in [0.5, 0.6) is 0 Å². The number of anilines is 2. The van der Waals surface area contributed by atoms with E-state index in [4.69, 9.17) is 10.5 Å². The molecule has 4 nitrogen and oxygen atoms in total. The summed E-state index contributed by atoms with van der Waals surface area (Å²) in [6.07, 6.45) is 0.689. The first-order chi connectivity index (χ1) is 9.72. The van der Waals surface area contributed by atoms with Gasteiger partial charge in [0.1, 0.15) is 11.6 Å². The third-order valence-corrected chi connectivity index (χ3v) is 4.41. The Bertz CT molecular complexity index is 579. The van der Waals surface area contributed by atoms with Crippen molar-refractivity contribution in [1.29, 1.82) is 0 Å². The first-order valence-corrected chi connectivity index (χ1v) is 7.36. The molecular weight excluding hydrogens is 277 g/mol. The zero-order valence-corrected chi connectivity index (χ0v) is 11.8. The van der Waals surface area contributed by atoms with E-state index in [0.717, 1.165) is 41.9 Å². The number of rotatable bonds is 3. The van der Waals surface area contributed by atoms with E-state index in [1.54, 1.807) is 23.5 Å². The Morgan fingerprint density at radius 1 is 1.25 bits per heavy atom. The van der Waals surface area contributed by atoms with Gasteiger partial charge >= 0.3 is 0 Å². The molecule has 1 aliphatic rings. The highest BCUT2D eigenvalue weighted by atomic mass is 32.1. The van der Waals surface area contributed by atoms with E-state index >= 15 is 0 Å². The van der Waals surface area contributed by atoms with Gasteiger partial charge in [-0.1, -0.05) is 23.5 Å². The minimum absolute atomic E-state index is 0.222. The second kappa shape index (κ2) is 5.76. The summed E-state index contributed by atoms with van der Waals surface area (Å²) in [7, 11) is 0. The lowest BCUT2D eigenvalue weighted by atomic mass is 10.1. The van der Waals surface area contributed by atoms with Crippen LogP contribution in [0.25, 0.3) is 0 Å². The highest BCUT2D eigenvalue weighted by Crippen LogP contribution is 2.30. The van der Waals surface area contributed by atoms with Crippen LogP contribution in [0.4, 0.5) is 15.3 Å². The first kappa shape index (κ1) is 13.3. The molecule has 0 unspecified atom stereocenters. The van der Waals surface area contributed by atoms with Crippen LogP contribution >= 0.6 is 11.3 Å². The standard InChI is InChI=1S/C14H16FN3OS/c15-11-3-1-10(2-4-11)9-12-13(16)17-14(20-12)18-5-7-19-8-6-18/h1-4H,5-9,16H2. The van der Waals surface area contributed by atoms with Gasteiger partial charge in [-0.25, -0.2) is 9.37 Å². The average Bonchev–Trinajstić information content (AvgIpc) is 2.84. The smallest absolute Gasteiger partial charge is 0.187 e. The fourth-order valence-corrected chi connectivity index (χ4v) is 3.22. The van der Waals surface area contributed by atoms with Crippen LogP contribution in [0.2, 0.25) is 0 Å². The van der Waals surface area contributed by atoms with Gasteiger partial charge in [-0.3, -0.25) is 0 Å². The van der Waals surface area contributed by atoms with Gasteiger partial charge in [-0.15, -0.1) is 0 Å². The number of halogens is 1. The van der Waals surface area contributed by atoms with Gasteiger partial charge in [0, 0.05) is 19.5 Å². The molecule has 1 fully saturated rings. The molecule has 0 radical (unpaired) electrons. The topological polar surface area (TPSA) is 51.4 Å². The van der Waals surface area contributed by atoms with Gasteiger partial charge in [0.25, 0.3) is 0 Å². The van der Waals surface area contributed by atoms with Crippen molar-refractivity contribution in [2.75, 3.05) is 36.9 Å². The van der Waals surface area contributed by atoms with E-state index in [1.165, 1.54) is 12.1 Å². The molecule has 2 N–H and O–H groups in total. The van der Waals surface area contributed by atoms with Crippen LogP contribution in [0.1, 0.15) is 10.4 Å². The predicted octanol–water partition coefficient (Wildman–Crippen LogP) is 2.29. The average molecular weight is 293 g/mol. The van der Waals surface area contributed by atoms with Gasteiger partial charge in [0.15, 0.2) is 5.13 Å². The van der Waals surface area contributed by atoms with E-state index in [9.17, 15) is 4.39 Å². The lowest BCUT2D eigenvalue weighted by Crippen LogP contribution is -2.36. The van der Waals surface area contributed by atoms with Crippen molar-refractivity contribution in [3.05, 3.63) is 40.5 Å². The number of hydrogen-bond acceptors (Lipinski definition) is 5.